The Hall–Kier alpha value is -1.72. The highest BCUT2D eigenvalue weighted by molar-refractivity contribution is 5.16. The van der Waals surface area contributed by atoms with Crippen LogP contribution >= 0.6 is 0 Å². The Kier molecular flexibility index (Phi) is 4.31. The summed E-state index contributed by atoms with van der Waals surface area (Å²) in [4.78, 5) is 0. The van der Waals surface area contributed by atoms with Crippen LogP contribution in [-0.4, -0.2) is 27.0 Å². The predicted octanol–water partition coefficient (Wildman–Crippen LogP) is 2.07. The number of nitrogens with one attached hydrogen (secondary N) is 1. The number of aliphatic hydroxyl groups is 1. The molecule has 3 rings (SSSR count). The van der Waals surface area contributed by atoms with Crippen molar-refractivity contribution < 1.29 is 9.50 Å². The van der Waals surface area contributed by atoms with Crippen molar-refractivity contribution in [1.29, 1.82) is 0 Å². The highest BCUT2D eigenvalue weighted by atomic mass is 19.1. The van der Waals surface area contributed by atoms with Gasteiger partial charge in [0.2, 0.25) is 0 Å². The molecule has 1 fully saturated rings. The van der Waals surface area contributed by atoms with Gasteiger partial charge < -0.3 is 10.4 Å². The molecule has 0 spiro atoms. The molecule has 0 radical (unpaired) electrons. The zero-order chi connectivity index (χ0) is 14.7. The summed E-state index contributed by atoms with van der Waals surface area (Å²) in [5.41, 5.74) is 2.11. The fraction of sp³-hybridized carbons (Fsp3) is 0.438. The molecule has 2 aromatic rings. The smallest absolute Gasteiger partial charge is 0.123 e. The lowest BCUT2D eigenvalue weighted by molar-refractivity contribution is 0.148. The van der Waals surface area contributed by atoms with Crippen molar-refractivity contribution in [3.05, 3.63) is 53.6 Å². The average molecular weight is 289 g/mol. The van der Waals surface area contributed by atoms with Gasteiger partial charge in [0.05, 0.1) is 18.8 Å². The highest BCUT2D eigenvalue weighted by Gasteiger charge is 2.24. The first-order valence-corrected chi connectivity index (χ1v) is 7.38. The molecule has 0 amide bonds. The summed E-state index contributed by atoms with van der Waals surface area (Å²) < 4.78 is 14.7. The molecule has 1 heterocycles. The zero-order valence-corrected chi connectivity index (χ0v) is 11.9. The Morgan fingerprint density at radius 3 is 2.76 bits per heavy atom. The van der Waals surface area contributed by atoms with Gasteiger partial charge in [-0.2, -0.15) is 5.10 Å². The van der Waals surface area contributed by atoms with Crippen LogP contribution < -0.4 is 5.32 Å². The molecule has 1 aromatic heterocycles. The second-order valence-corrected chi connectivity index (χ2v) is 5.66. The van der Waals surface area contributed by atoms with E-state index in [4.69, 9.17) is 0 Å². The molecule has 1 aromatic carbocycles. The molecule has 112 valence electrons. The zero-order valence-electron chi connectivity index (χ0n) is 11.9. The van der Waals surface area contributed by atoms with E-state index in [9.17, 15) is 9.50 Å². The Morgan fingerprint density at radius 1 is 1.24 bits per heavy atom. The molecule has 0 bridgehead atoms. The summed E-state index contributed by atoms with van der Waals surface area (Å²) in [6.07, 6.45) is 6.60. The Bertz CT molecular complexity index is 581. The van der Waals surface area contributed by atoms with Gasteiger partial charge in [0.1, 0.15) is 5.82 Å². The topological polar surface area (TPSA) is 50.1 Å². The molecular weight excluding hydrogens is 269 g/mol. The van der Waals surface area contributed by atoms with Gasteiger partial charge >= 0.3 is 0 Å². The number of hydrogen-bond acceptors (Lipinski definition) is 3. The van der Waals surface area contributed by atoms with E-state index in [1.165, 1.54) is 12.1 Å². The molecule has 0 saturated heterocycles. The van der Waals surface area contributed by atoms with E-state index in [0.717, 1.165) is 30.4 Å². The van der Waals surface area contributed by atoms with E-state index in [2.05, 4.69) is 10.4 Å². The molecule has 0 aliphatic heterocycles. The maximum atomic E-state index is 12.9. The second kappa shape index (κ2) is 6.37. The number of benzene rings is 1. The van der Waals surface area contributed by atoms with Crippen molar-refractivity contribution in [1.82, 2.24) is 15.1 Å². The fourth-order valence-electron chi connectivity index (χ4n) is 2.79. The normalized spacial score (nSPS) is 21.8. The largest absolute Gasteiger partial charge is 0.392 e. The van der Waals surface area contributed by atoms with Crippen LogP contribution in [0.1, 0.15) is 30.4 Å². The van der Waals surface area contributed by atoms with Gasteiger partial charge in [-0.05, 0) is 37.0 Å². The summed E-state index contributed by atoms with van der Waals surface area (Å²) in [5.74, 6) is -0.223. The molecule has 21 heavy (non-hydrogen) atoms. The third kappa shape index (κ3) is 3.68. The van der Waals surface area contributed by atoms with E-state index in [0.29, 0.717) is 13.1 Å². The van der Waals surface area contributed by atoms with Gasteiger partial charge in [0.25, 0.3) is 0 Å². The minimum Gasteiger partial charge on any atom is -0.392 e. The standard InChI is InChI=1S/C16H20FN3O/c17-14-6-4-12(5-7-14)10-20-11-13(9-19-20)8-18-15-2-1-3-16(15)21/h4-7,9,11,15-16,18,21H,1-3,8,10H2. The summed E-state index contributed by atoms with van der Waals surface area (Å²) in [5, 5.41) is 17.5. The first-order chi connectivity index (χ1) is 10.2. The van der Waals surface area contributed by atoms with E-state index in [-0.39, 0.29) is 18.0 Å². The van der Waals surface area contributed by atoms with E-state index in [1.54, 1.807) is 12.1 Å². The van der Waals surface area contributed by atoms with Crippen LogP contribution in [0.4, 0.5) is 4.39 Å². The van der Waals surface area contributed by atoms with Crippen molar-refractivity contribution in [2.45, 2.75) is 44.5 Å². The lowest BCUT2D eigenvalue weighted by atomic mass is 10.2. The van der Waals surface area contributed by atoms with Crippen LogP contribution in [0.5, 0.6) is 0 Å². The minimum absolute atomic E-state index is 0.199. The Labute approximate surface area is 123 Å². The first-order valence-electron chi connectivity index (χ1n) is 7.38. The lowest BCUT2D eigenvalue weighted by Gasteiger charge is -2.15. The van der Waals surface area contributed by atoms with Crippen LogP contribution in [0.15, 0.2) is 36.7 Å². The summed E-state index contributed by atoms with van der Waals surface area (Å²) in [7, 11) is 0. The average Bonchev–Trinajstić information content (AvgIpc) is 3.08. The lowest BCUT2D eigenvalue weighted by Crippen LogP contribution is -2.34. The van der Waals surface area contributed by atoms with Crippen LogP contribution in [0.2, 0.25) is 0 Å². The van der Waals surface area contributed by atoms with E-state index in [1.807, 2.05) is 17.1 Å². The molecule has 1 saturated carbocycles. The Balaban J connectivity index is 1.54. The van der Waals surface area contributed by atoms with E-state index < -0.39 is 0 Å². The summed E-state index contributed by atoms with van der Waals surface area (Å²) in [6, 6.07) is 6.66. The second-order valence-electron chi connectivity index (χ2n) is 5.66. The SMILES string of the molecule is OC1CCCC1NCc1cnn(Cc2ccc(F)cc2)c1. The maximum absolute atomic E-state index is 12.9. The van der Waals surface area contributed by atoms with Crippen molar-refractivity contribution in [2.24, 2.45) is 0 Å². The number of halogens is 1. The van der Waals surface area contributed by atoms with E-state index >= 15 is 0 Å². The third-order valence-electron chi connectivity index (χ3n) is 3.99. The third-order valence-corrected chi connectivity index (χ3v) is 3.99. The molecule has 2 unspecified atom stereocenters. The minimum atomic E-state index is -0.223. The maximum Gasteiger partial charge on any atom is 0.123 e. The summed E-state index contributed by atoms with van der Waals surface area (Å²) in [6.45, 7) is 1.34. The van der Waals surface area contributed by atoms with Crippen molar-refractivity contribution in [3.63, 3.8) is 0 Å². The number of nitrogens with zero attached hydrogens (tertiary/aromatic N) is 2. The Morgan fingerprint density at radius 2 is 2.05 bits per heavy atom. The van der Waals surface area contributed by atoms with Crippen molar-refractivity contribution in [3.8, 4) is 0 Å². The van der Waals surface area contributed by atoms with Gasteiger partial charge in [-0.25, -0.2) is 4.39 Å². The highest BCUT2D eigenvalue weighted by Crippen LogP contribution is 2.19. The van der Waals surface area contributed by atoms with Crippen LogP contribution in [0, 0.1) is 5.82 Å². The van der Waals surface area contributed by atoms with Crippen LogP contribution in [-0.2, 0) is 13.1 Å². The van der Waals surface area contributed by atoms with Gasteiger partial charge in [0.15, 0.2) is 0 Å². The molecule has 4 nitrogen and oxygen atoms in total. The number of rotatable bonds is 5. The molecular formula is C16H20FN3O. The van der Waals surface area contributed by atoms with Gasteiger partial charge in [-0.15, -0.1) is 0 Å². The molecule has 2 N–H and O–H groups in total. The van der Waals surface area contributed by atoms with Gasteiger partial charge in [-0.1, -0.05) is 12.1 Å². The molecule has 2 atom stereocenters. The first kappa shape index (κ1) is 14.2. The molecule has 1 aliphatic rings. The van der Waals surface area contributed by atoms with Crippen LogP contribution in [0.25, 0.3) is 0 Å². The number of hydrogen-bond donors (Lipinski definition) is 2. The van der Waals surface area contributed by atoms with Crippen molar-refractivity contribution in [2.75, 3.05) is 0 Å². The molecule has 5 heteroatoms. The number of aliphatic hydroxyl groups excluding tert-OH is 1. The number of aromatic nitrogens is 2. The molecule has 1 aliphatic carbocycles. The van der Waals surface area contributed by atoms with Gasteiger partial charge in [-0.3, -0.25) is 4.68 Å². The summed E-state index contributed by atoms with van der Waals surface area (Å²) >= 11 is 0. The monoisotopic (exact) mass is 289 g/mol. The van der Waals surface area contributed by atoms with Crippen LogP contribution in [0.3, 0.4) is 0 Å². The van der Waals surface area contributed by atoms with Crippen molar-refractivity contribution >= 4 is 0 Å². The predicted molar refractivity (Wildman–Crippen MR) is 78.2 cm³/mol. The quantitative estimate of drug-likeness (QED) is 0.886. The van der Waals surface area contributed by atoms with Gasteiger partial charge in [0, 0.05) is 24.3 Å². The fourth-order valence-corrected chi connectivity index (χ4v) is 2.79.